The SMILES string of the molecule is CNCCC[C@@H]1c2ccccc2C=C(O)c2ccccc21. The molecule has 0 bridgehead atoms. The maximum absolute atomic E-state index is 10.4. The Labute approximate surface area is 126 Å². The standard InChI is InChI=1S/C19H21NO/c1-20-12-6-11-16-15-8-3-2-7-14(15)13-19(21)18-10-5-4-9-17(16)18/h2-5,7-10,13,16,20-21H,6,11-12H2,1H3/t16-/m1/s1. The maximum atomic E-state index is 10.4. The normalized spacial score (nSPS) is 16.6. The predicted molar refractivity (Wildman–Crippen MR) is 88.4 cm³/mol. The van der Waals surface area contributed by atoms with Crippen molar-refractivity contribution >= 4 is 11.8 Å². The molecule has 0 fully saturated rings. The Balaban J connectivity index is 2.09. The van der Waals surface area contributed by atoms with Crippen molar-refractivity contribution < 1.29 is 5.11 Å². The molecular weight excluding hydrogens is 258 g/mol. The van der Waals surface area contributed by atoms with Gasteiger partial charge in [0.25, 0.3) is 0 Å². The van der Waals surface area contributed by atoms with Crippen LogP contribution in [0.4, 0.5) is 0 Å². The number of rotatable bonds is 4. The third-order valence-corrected chi connectivity index (χ3v) is 4.20. The summed E-state index contributed by atoms with van der Waals surface area (Å²) in [4.78, 5) is 0. The lowest BCUT2D eigenvalue weighted by atomic mass is 9.84. The first kappa shape index (κ1) is 13.9. The summed E-state index contributed by atoms with van der Waals surface area (Å²) in [7, 11) is 1.99. The highest BCUT2D eigenvalue weighted by Crippen LogP contribution is 2.39. The van der Waals surface area contributed by atoms with Crippen molar-refractivity contribution in [3.8, 4) is 0 Å². The van der Waals surface area contributed by atoms with Gasteiger partial charge in [-0.1, -0.05) is 48.5 Å². The van der Waals surface area contributed by atoms with Gasteiger partial charge in [-0.2, -0.15) is 0 Å². The average Bonchev–Trinajstić information content (AvgIpc) is 2.63. The molecule has 0 heterocycles. The number of aliphatic hydroxyl groups is 1. The van der Waals surface area contributed by atoms with Crippen LogP contribution >= 0.6 is 0 Å². The quantitative estimate of drug-likeness (QED) is 0.823. The summed E-state index contributed by atoms with van der Waals surface area (Å²) in [6.45, 7) is 1.01. The topological polar surface area (TPSA) is 32.3 Å². The molecule has 0 saturated heterocycles. The van der Waals surface area contributed by atoms with E-state index in [0.717, 1.165) is 30.5 Å². The summed E-state index contributed by atoms with van der Waals surface area (Å²) in [5, 5.41) is 13.6. The van der Waals surface area contributed by atoms with Crippen LogP contribution < -0.4 is 5.32 Å². The van der Waals surface area contributed by atoms with Crippen molar-refractivity contribution in [2.75, 3.05) is 13.6 Å². The molecule has 2 N–H and O–H groups in total. The van der Waals surface area contributed by atoms with Gasteiger partial charge in [-0.15, -0.1) is 0 Å². The lowest BCUT2D eigenvalue weighted by molar-refractivity contribution is 0.514. The highest BCUT2D eigenvalue weighted by Gasteiger charge is 2.23. The molecule has 1 atom stereocenters. The Morgan fingerprint density at radius 3 is 2.52 bits per heavy atom. The van der Waals surface area contributed by atoms with Gasteiger partial charge in [0.1, 0.15) is 5.76 Å². The highest BCUT2D eigenvalue weighted by molar-refractivity contribution is 5.81. The number of benzene rings is 2. The van der Waals surface area contributed by atoms with Crippen LogP contribution in [-0.4, -0.2) is 18.7 Å². The van der Waals surface area contributed by atoms with Crippen molar-refractivity contribution in [2.45, 2.75) is 18.8 Å². The molecule has 0 aliphatic heterocycles. The molecule has 2 heteroatoms. The number of hydrogen-bond donors (Lipinski definition) is 2. The number of hydrogen-bond acceptors (Lipinski definition) is 2. The molecule has 2 nitrogen and oxygen atoms in total. The van der Waals surface area contributed by atoms with E-state index in [1.165, 1.54) is 11.1 Å². The summed E-state index contributed by atoms with van der Waals surface area (Å²) < 4.78 is 0. The van der Waals surface area contributed by atoms with Crippen LogP contribution in [0.5, 0.6) is 0 Å². The molecule has 0 spiro atoms. The smallest absolute Gasteiger partial charge is 0.123 e. The minimum Gasteiger partial charge on any atom is -0.507 e. The first-order valence-corrected chi connectivity index (χ1v) is 7.54. The molecular formula is C19H21NO. The van der Waals surface area contributed by atoms with Crippen LogP contribution in [0.25, 0.3) is 11.8 Å². The van der Waals surface area contributed by atoms with Gasteiger partial charge in [-0.05, 0) is 49.2 Å². The number of nitrogens with one attached hydrogen (secondary N) is 1. The zero-order chi connectivity index (χ0) is 14.7. The van der Waals surface area contributed by atoms with Crippen LogP contribution in [0.3, 0.4) is 0 Å². The maximum Gasteiger partial charge on any atom is 0.123 e. The van der Waals surface area contributed by atoms with Gasteiger partial charge in [0, 0.05) is 11.5 Å². The van der Waals surface area contributed by atoms with E-state index in [4.69, 9.17) is 0 Å². The Morgan fingerprint density at radius 2 is 1.71 bits per heavy atom. The van der Waals surface area contributed by atoms with Gasteiger partial charge < -0.3 is 10.4 Å². The van der Waals surface area contributed by atoms with Crippen molar-refractivity contribution in [1.29, 1.82) is 0 Å². The van der Waals surface area contributed by atoms with E-state index >= 15 is 0 Å². The summed E-state index contributed by atoms with van der Waals surface area (Å²) >= 11 is 0. The second kappa shape index (κ2) is 6.15. The molecule has 2 aromatic rings. The van der Waals surface area contributed by atoms with E-state index in [-0.39, 0.29) is 0 Å². The van der Waals surface area contributed by atoms with Gasteiger partial charge in [-0.3, -0.25) is 0 Å². The van der Waals surface area contributed by atoms with Gasteiger partial charge in [-0.25, -0.2) is 0 Å². The molecule has 2 aromatic carbocycles. The van der Waals surface area contributed by atoms with Crippen molar-refractivity contribution in [3.63, 3.8) is 0 Å². The zero-order valence-electron chi connectivity index (χ0n) is 12.3. The predicted octanol–water partition coefficient (Wildman–Crippen LogP) is 4.19. The Hall–Kier alpha value is -2.06. The molecule has 108 valence electrons. The van der Waals surface area contributed by atoms with E-state index in [1.807, 2.05) is 31.3 Å². The molecule has 1 aliphatic rings. The third kappa shape index (κ3) is 2.72. The third-order valence-electron chi connectivity index (χ3n) is 4.20. The molecule has 0 unspecified atom stereocenters. The van der Waals surface area contributed by atoms with Gasteiger partial charge in [0.2, 0.25) is 0 Å². The largest absolute Gasteiger partial charge is 0.507 e. The average molecular weight is 279 g/mol. The number of fused-ring (bicyclic) bond motifs is 2. The van der Waals surface area contributed by atoms with Crippen LogP contribution in [0.2, 0.25) is 0 Å². The summed E-state index contributed by atoms with van der Waals surface area (Å²) in [5.41, 5.74) is 4.63. The van der Waals surface area contributed by atoms with Crippen molar-refractivity contribution in [2.24, 2.45) is 0 Å². The Bertz CT molecular complexity index is 660. The molecule has 3 rings (SSSR count). The zero-order valence-corrected chi connectivity index (χ0v) is 12.3. The molecule has 0 radical (unpaired) electrons. The summed E-state index contributed by atoms with van der Waals surface area (Å²) in [6.07, 6.45) is 4.09. The minimum atomic E-state index is 0.339. The van der Waals surface area contributed by atoms with E-state index in [1.54, 1.807) is 0 Å². The van der Waals surface area contributed by atoms with E-state index < -0.39 is 0 Å². The molecule has 0 amide bonds. The van der Waals surface area contributed by atoms with Crippen molar-refractivity contribution in [1.82, 2.24) is 5.32 Å². The van der Waals surface area contributed by atoms with E-state index in [2.05, 4.69) is 35.6 Å². The monoisotopic (exact) mass is 279 g/mol. The molecule has 21 heavy (non-hydrogen) atoms. The first-order valence-electron chi connectivity index (χ1n) is 7.54. The van der Waals surface area contributed by atoms with Gasteiger partial charge in [0.15, 0.2) is 0 Å². The Kier molecular flexibility index (Phi) is 4.07. The molecule has 0 saturated carbocycles. The molecule has 0 aromatic heterocycles. The fraction of sp³-hybridized carbons (Fsp3) is 0.263. The van der Waals surface area contributed by atoms with Crippen LogP contribution in [0.1, 0.15) is 41.0 Å². The van der Waals surface area contributed by atoms with Gasteiger partial charge >= 0.3 is 0 Å². The van der Waals surface area contributed by atoms with Crippen molar-refractivity contribution in [3.05, 3.63) is 70.8 Å². The Morgan fingerprint density at radius 1 is 1.00 bits per heavy atom. The fourth-order valence-electron chi connectivity index (χ4n) is 3.18. The van der Waals surface area contributed by atoms with E-state index in [0.29, 0.717) is 11.7 Å². The second-order valence-electron chi connectivity index (χ2n) is 5.54. The lowest BCUT2D eigenvalue weighted by Gasteiger charge is -2.20. The van der Waals surface area contributed by atoms with Crippen LogP contribution in [0.15, 0.2) is 48.5 Å². The minimum absolute atomic E-state index is 0.339. The first-order chi connectivity index (χ1) is 10.3. The van der Waals surface area contributed by atoms with Crippen LogP contribution in [0, 0.1) is 0 Å². The summed E-state index contributed by atoms with van der Waals surface area (Å²) in [6, 6.07) is 16.6. The summed E-state index contributed by atoms with van der Waals surface area (Å²) in [5.74, 6) is 0.709. The van der Waals surface area contributed by atoms with Crippen LogP contribution in [-0.2, 0) is 0 Å². The fourth-order valence-corrected chi connectivity index (χ4v) is 3.18. The highest BCUT2D eigenvalue weighted by atomic mass is 16.3. The number of aliphatic hydroxyl groups excluding tert-OH is 1. The second-order valence-corrected chi connectivity index (χ2v) is 5.54. The van der Waals surface area contributed by atoms with Gasteiger partial charge in [0.05, 0.1) is 0 Å². The molecule has 1 aliphatic carbocycles. The van der Waals surface area contributed by atoms with E-state index in [9.17, 15) is 5.11 Å². The lowest BCUT2D eigenvalue weighted by Crippen LogP contribution is -2.11.